The van der Waals surface area contributed by atoms with Gasteiger partial charge in [0, 0.05) is 31.7 Å². The summed E-state index contributed by atoms with van der Waals surface area (Å²) in [5.74, 6) is 0.424. The second-order valence-electron chi connectivity index (χ2n) is 8.76. The number of fused-ring (bicyclic) bond motifs is 1. The summed E-state index contributed by atoms with van der Waals surface area (Å²) in [6.45, 7) is 4.28. The molecule has 0 atom stereocenters. The number of anilines is 1. The number of carbonyl (C=O) groups is 3. The van der Waals surface area contributed by atoms with Gasteiger partial charge in [-0.3, -0.25) is 19.3 Å². The average Bonchev–Trinajstić information content (AvgIpc) is 3.44. The van der Waals surface area contributed by atoms with E-state index in [4.69, 9.17) is 9.47 Å². The number of amides is 3. The fourth-order valence-electron chi connectivity index (χ4n) is 4.86. The normalized spacial score (nSPS) is 15.4. The molecule has 0 bridgehead atoms. The van der Waals surface area contributed by atoms with Gasteiger partial charge < -0.3 is 19.3 Å². The zero-order valence-electron chi connectivity index (χ0n) is 20.4. The maximum Gasteiger partial charge on any atom is 0.264 e. The summed E-state index contributed by atoms with van der Waals surface area (Å²) < 4.78 is 10.9. The highest BCUT2D eigenvalue weighted by atomic mass is 32.1. The van der Waals surface area contributed by atoms with Gasteiger partial charge in [-0.25, -0.2) is 0 Å². The molecule has 1 fully saturated rings. The van der Waals surface area contributed by atoms with Crippen molar-refractivity contribution in [3.63, 3.8) is 0 Å². The van der Waals surface area contributed by atoms with Gasteiger partial charge in [-0.05, 0) is 42.1 Å². The van der Waals surface area contributed by atoms with Gasteiger partial charge in [-0.2, -0.15) is 0 Å². The van der Waals surface area contributed by atoms with Crippen molar-refractivity contribution in [3.8, 4) is 11.5 Å². The van der Waals surface area contributed by atoms with Crippen LogP contribution in [-0.2, 0) is 6.54 Å². The van der Waals surface area contributed by atoms with Gasteiger partial charge in [-0.15, -0.1) is 11.3 Å². The van der Waals surface area contributed by atoms with Crippen LogP contribution in [0.1, 0.15) is 41.5 Å². The molecule has 8 nitrogen and oxygen atoms in total. The molecule has 0 radical (unpaired) electrons. The summed E-state index contributed by atoms with van der Waals surface area (Å²) in [5.41, 5.74) is 3.21. The Bertz CT molecular complexity index is 1340. The van der Waals surface area contributed by atoms with E-state index in [0.717, 1.165) is 16.1 Å². The molecule has 0 spiro atoms. The van der Waals surface area contributed by atoms with E-state index in [1.54, 1.807) is 25.3 Å². The molecule has 2 aliphatic heterocycles. The van der Waals surface area contributed by atoms with Crippen molar-refractivity contribution >= 4 is 34.7 Å². The molecule has 2 aromatic carbocycles. The minimum Gasteiger partial charge on any atom is -0.493 e. The van der Waals surface area contributed by atoms with Crippen molar-refractivity contribution in [3.05, 3.63) is 75.0 Å². The first-order chi connectivity index (χ1) is 17.4. The van der Waals surface area contributed by atoms with Crippen molar-refractivity contribution in [1.82, 2.24) is 9.80 Å². The number of thiophene rings is 1. The Morgan fingerprint density at radius 1 is 0.944 bits per heavy atom. The predicted octanol–water partition coefficient (Wildman–Crippen LogP) is 3.83. The van der Waals surface area contributed by atoms with Crippen LogP contribution >= 0.6 is 11.3 Å². The molecule has 186 valence electrons. The van der Waals surface area contributed by atoms with Crippen LogP contribution in [0.25, 0.3) is 0 Å². The van der Waals surface area contributed by atoms with Gasteiger partial charge in [0.1, 0.15) is 0 Å². The standard InChI is InChI=1S/C27H27N3O5S/c1-17-10-15-36-24(17)27(33)29-13-11-28(12-14-29)20-8-5-7-19-22(20)26(32)30(25(19)31)16-18-6-4-9-21(34-2)23(18)35-3/h4-10,15H,11-14,16H2,1-3H3. The number of ether oxygens (including phenoxy) is 2. The van der Waals surface area contributed by atoms with E-state index in [-0.39, 0.29) is 24.3 Å². The number of methoxy groups -OCH3 is 2. The predicted molar refractivity (Wildman–Crippen MR) is 137 cm³/mol. The smallest absolute Gasteiger partial charge is 0.264 e. The molecule has 5 rings (SSSR count). The van der Waals surface area contributed by atoms with Gasteiger partial charge in [0.25, 0.3) is 17.7 Å². The Kier molecular flexibility index (Phi) is 6.40. The maximum atomic E-state index is 13.5. The number of carbonyl (C=O) groups excluding carboxylic acids is 3. The molecule has 0 saturated carbocycles. The summed E-state index contributed by atoms with van der Waals surface area (Å²) in [6, 6.07) is 12.7. The number of para-hydroxylation sites is 1. The zero-order chi connectivity index (χ0) is 25.4. The first-order valence-corrected chi connectivity index (χ1v) is 12.6. The molecular weight excluding hydrogens is 478 g/mol. The topological polar surface area (TPSA) is 79.4 Å². The van der Waals surface area contributed by atoms with Gasteiger partial charge in [0.2, 0.25) is 0 Å². The number of imide groups is 1. The SMILES string of the molecule is COc1cccc(CN2C(=O)c3cccc(N4CCN(C(=O)c5sccc5C)CC4)c3C2=O)c1OC. The quantitative estimate of drug-likeness (QED) is 0.474. The Morgan fingerprint density at radius 3 is 2.36 bits per heavy atom. The molecule has 3 heterocycles. The average molecular weight is 506 g/mol. The second kappa shape index (κ2) is 9.66. The molecule has 0 unspecified atom stereocenters. The number of hydrogen-bond acceptors (Lipinski definition) is 7. The van der Waals surface area contributed by atoms with Crippen LogP contribution < -0.4 is 14.4 Å². The lowest BCUT2D eigenvalue weighted by Crippen LogP contribution is -2.49. The van der Waals surface area contributed by atoms with E-state index in [0.29, 0.717) is 54.4 Å². The van der Waals surface area contributed by atoms with E-state index < -0.39 is 0 Å². The van der Waals surface area contributed by atoms with E-state index in [1.807, 2.05) is 41.5 Å². The Labute approximate surface area is 213 Å². The van der Waals surface area contributed by atoms with Crippen LogP contribution in [0.2, 0.25) is 0 Å². The highest BCUT2D eigenvalue weighted by Gasteiger charge is 2.39. The maximum absolute atomic E-state index is 13.5. The molecule has 9 heteroatoms. The molecular formula is C27H27N3O5S. The molecule has 1 saturated heterocycles. The summed E-state index contributed by atoms with van der Waals surface area (Å²) in [5, 5.41) is 1.93. The van der Waals surface area contributed by atoms with E-state index in [2.05, 4.69) is 4.90 Å². The summed E-state index contributed by atoms with van der Waals surface area (Å²) in [4.78, 5) is 45.7. The van der Waals surface area contributed by atoms with Crippen molar-refractivity contribution < 1.29 is 23.9 Å². The lowest BCUT2D eigenvalue weighted by Gasteiger charge is -2.36. The third kappa shape index (κ3) is 3.99. The van der Waals surface area contributed by atoms with Crippen molar-refractivity contribution in [2.24, 2.45) is 0 Å². The number of rotatable bonds is 6. The van der Waals surface area contributed by atoms with Crippen molar-refractivity contribution in [1.29, 1.82) is 0 Å². The highest BCUT2D eigenvalue weighted by Crippen LogP contribution is 2.36. The van der Waals surface area contributed by atoms with Crippen molar-refractivity contribution in [2.45, 2.75) is 13.5 Å². The van der Waals surface area contributed by atoms with Crippen LogP contribution in [0, 0.1) is 6.92 Å². The van der Waals surface area contributed by atoms with E-state index >= 15 is 0 Å². The Morgan fingerprint density at radius 2 is 1.69 bits per heavy atom. The molecule has 0 aliphatic carbocycles. The summed E-state index contributed by atoms with van der Waals surface area (Å²) >= 11 is 1.46. The highest BCUT2D eigenvalue weighted by molar-refractivity contribution is 7.12. The molecule has 2 aliphatic rings. The Balaban J connectivity index is 1.36. The third-order valence-corrected chi connectivity index (χ3v) is 7.76. The van der Waals surface area contributed by atoms with Gasteiger partial charge in [-0.1, -0.05) is 18.2 Å². The fourth-order valence-corrected chi connectivity index (χ4v) is 5.75. The lowest BCUT2D eigenvalue weighted by atomic mass is 10.1. The zero-order valence-corrected chi connectivity index (χ0v) is 21.3. The molecule has 3 aromatic rings. The number of piperazine rings is 1. The lowest BCUT2D eigenvalue weighted by molar-refractivity contribution is 0.0639. The van der Waals surface area contributed by atoms with E-state index in [1.165, 1.54) is 23.3 Å². The first-order valence-electron chi connectivity index (χ1n) is 11.7. The number of hydrogen-bond donors (Lipinski definition) is 0. The molecule has 1 aromatic heterocycles. The van der Waals surface area contributed by atoms with E-state index in [9.17, 15) is 14.4 Å². The molecule has 0 N–H and O–H groups in total. The fraction of sp³-hybridized carbons (Fsp3) is 0.296. The van der Waals surface area contributed by atoms with Crippen molar-refractivity contribution in [2.75, 3.05) is 45.3 Å². The minimum absolute atomic E-state index is 0.0464. The number of aryl methyl sites for hydroxylation is 1. The van der Waals surface area contributed by atoms with Crippen LogP contribution in [0.15, 0.2) is 47.8 Å². The number of nitrogens with zero attached hydrogens (tertiary/aromatic N) is 3. The summed E-state index contributed by atoms with van der Waals surface area (Å²) in [7, 11) is 3.08. The largest absolute Gasteiger partial charge is 0.493 e. The van der Waals surface area contributed by atoms with Crippen LogP contribution in [0.4, 0.5) is 5.69 Å². The van der Waals surface area contributed by atoms with Gasteiger partial charge >= 0.3 is 0 Å². The first kappa shape index (κ1) is 23.9. The monoisotopic (exact) mass is 505 g/mol. The Hall–Kier alpha value is -3.85. The number of benzene rings is 2. The minimum atomic E-state index is -0.330. The van der Waals surface area contributed by atoms with Crippen LogP contribution in [0.3, 0.4) is 0 Å². The summed E-state index contributed by atoms with van der Waals surface area (Å²) in [6.07, 6.45) is 0. The molecule has 36 heavy (non-hydrogen) atoms. The van der Waals surface area contributed by atoms with Crippen LogP contribution in [-0.4, -0.2) is 67.9 Å². The second-order valence-corrected chi connectivity index (χ2v) is 9.68. The van der Waals surface area contributed by atoms with Gasteiger partial charge in [0.15, 0.2) is 11.5 Å². The third-order valence-electron chi connectivity index (χ3n) is 6.75. The van der Waals surface area contributed by atoms with Crippen LogP contribution in [0.5, 0.6) is 11.5 Å². The molecule has 3 amide bonds. The van der Waals surface area contributed by atoms with Gasteiger partial charge in [0.05, 0.1) is 42.5 Å².